The number of carbonyl (C=O) groups excluding carboxylic acids is 1. The van der Waals surface area contributed by atoms with Crippen LogP contribution < -0.4 is 11.1 Å². The zero-order valence-corrected chi connectivity index (χ0v) is 12.4. The lowest BCUT2D eigenvalue weighted by molar-refractivity contribution is -0.129. The molecule has 1 aliphatic carbocycles. The van der Waals surface area contributed by atoms with Gasteiger partial charge in [-0.2, -0.15) is 0 Å². The number of amides is 1. The first-order chi connectivity index (χ1) is 9.58. The number of amidine groups is 1. The first kappa shape index (κ1) is 14.8. The van der Waals surface area contributed by atoms with Crippen molar-refractivity contribution in [3.63, 3.8) is 0 Å². The van der Waals surface area contributed by atoms with Gasteiger partial charge in [-0.05, 0) is 19.8 Å². The van der Waals surface area contributed by atoms with Crippen molar-refractivity contribution in [2.45, 2.75) is 45.6 Å². The number of hydrogen-bond donors (Lipinski definition) is 3. The standard InChI is InChI=1S/C13H20N4O2S/c1-9-15-7-10(20-9)8-16-12(18)13(11(14)17-19)5-3-2-4-6-13/h7,19H,2-6,8H2,1H3,(H2,14,17)(H,16,18). The van der Waals surface area contributed by atoms with E-state index in [9.17, 15) is 4.79 Å². The van der Waals surface area contributed by atoms with E-state index in [1.165, 1.54) is 0 Å². The number of nitrogens with zero attached hydrogens (tertiary/aromatic N) is 2. The van der Waals surface area contributed by atoms with E-state index in [-0.39, 0.29) is 11.7 Å². The quantitative estimate of drug-likeness (QED) is 0.341. The molecule has 0 atom stereocenters. The third-order valence-electron chi connectivity index (χ3n) is 3.83. The summed E-state index contributed by atoms with van der Waals surface area (Å²) < 4.78 is 0. The fraction of sp³-hybridized carbons (Fsp3) is 0.615. The fourth-order valence-electron chi connectivity index (χ4n) is 2.67. The molecule has 20 heavy (non-hydrogen) atoms. The number of thiazole rings is 1. The highest BCUT2D eigenvalue weighted by Crippen LogP contribution is 2.37. The zero-order valence-electron chi connectivity index (χ0n) is 11.6. The number of rotatable bonds is 4. The Bertz CT molecular complexity index is 506. The van der Waals surface area contributed by atoms with Crippen molar-refractivity contribution in [1.82, 2.24) is 10.3 Å². The summed E-state index contributed by atoms with van der Waals surface area (Å²) in [5.74, 6) is -0.131. The predicted octanol–water partition coefficient (Wildman–Crippen LogP) is 1.76. The molecule has 110 valence electrons. The highest BCUT2D eigenvalue weighted by atomic mass is 32.1. The van der Waals surface area contributed by atoms with Crippen molar-refractivity contribution in [3.05, 3.63) is 16.1 Å². The van der Waals surface area contributed by atoms with Gasteiger partial charge in [0.25, 0.3) is 0 Å². The SMILES string of the molecule is Cc1ncc(CNC(=O)C2(C(N)=NO)CCCCC2)s1. The van der Waals surface area contributed by atoms with Gasteiger partial charge in [-0.3, -0.25) is 4.79 Å². The summed E-state index contributed by atoms with van der Waals surface area (Å²) in [6.07, 6.45) is 5.96. The van der Waals surface area contributed by atoms with Gasteiger partial charge in [-0.15, -0.1) is 11.3 Å². The molecule has 1 aliphatic rings. The van der Waals surface area contributed by atoms with Crippen molar-refractivity contribution in [3.8, 4) is 0 Å². The largest absolute Gasteiger partial charge is 0.409 e. The topological polar surface area (TPSA) is 101 Å². The molecule has 1 amide bonds. The van der Waals surface area contributed by atoms with E-state index in [0.717, 1.165) is 29.1 Å². The summed E-state index contributed by atoms with van der Waals surface area (Å²) in [4.78, 5) is 17.7. The maximum atomic E-state index is 12.5. The Labute approximate surface area is 122 Å². The average molecular weight is 296 g/mol. The normalized spacial score (nSPS) is 18.8. The Morgan fingerprint density at radius 3 is 2.80 bits per heavy atom. The third kappa shape index (κ3) is 2.92. The number of nitrogens with one attached hydrogen (secondary N) is 1. The first-order valence-electron chi connectivity index (χ1n) is 6.76. The van der Waals surface area contributed by atoms with Gasteiger partial charge < -0.3 is 16.3 Å². The molecule has 2 rings (SSSR count). The molecule has 0 bridgehead atoms. The van der Waals surface area contributed by atoms with E-state index < -0.39 is 5.41 Å². The number of aromatic nitrogens is 1. The van der Waals surface area contributed by atoms with Crippen LogP contribution in [0, 0.1) is 12.3 Å². The van der Waals surface area contributed by atoms with Crippen LogP contribution in [0.25, 0.3) is 0 Å². The molecule has 1 heterocycles. The first-order valence-corrected chi connectivity index (χ1v) is 7.58. The predicted molar refractivity (Wildman–Crippen MR) is 77.6 cm³/mol. The van der Waals surface area contributed by atoms with Crippen LogP contribution >= 0.6 is 11.3 Å². The Balaban J connectivity index is 2.07. The van der Waals surface area contributed by atoms with E-state index in [1.54, 1.807) is 17.5 Å². The van der Waals surface area contributed by atoms with Crippen molar-refractivity contribution in [1.29, 1.82) is 0 Å². The van der Waals surface area contributed by atoms with Gasteiger partial charge in [0.15, 0.2) is 5.84 Å². The Hall–Kier alpha value is -1.63. The molecular formula is C13H20N4O2S. The van der Waals surface area contributed by atoms with E-state index in [0.29, 0.717) is 19.4 Å². The lowest BCUT2D eigenvalue weighted by atomic mass is 9.72. The second-order valence-corrected chi connectivity index (χ2v) is 6.48. The molecule has 1 aromatic rings. The molecule has 0 radical (unpaired) electrons. The molecule has 4 N–H and O–H groups in total. The van der Waals surface area contributed by atoms with Crippen molar-refractivity contribution < 1.29 is 10.0 Å². The highest BCUT2D eigenvalue weighted by Gasteiger charge is 2.43. The van der Waals surface area contributed by atoms with E-state index in [1.807, 2.05) is 6.92 Å². The smallest absolute Gasteiger partial charge is 0.234 e. The van der Waals surface area contributed by atoms with Crippen LogP contribution in [0.15, 0.2) is 11.4 Å². The molecule has 6 nitrogen and oxygen atoms in total. The van der Waals surface area contributed by atoms with Crippen LogP contribution in [0.3, 0.4) is 0 Å². The molecule has 1 aromatic heterocycles. The van der Waals surface area contributed by atoms with Crippen molar-refractivity contribution in [2.24, 2.45) is 16.3 Å². The minimum Gasteiger partial charge on any atom is -0.409 e. The lowest BCUT2D eigenvalue weighted by Crippen LogP contribution is -2.50. The van der Waals surface area contributed by atoms with Crippen LogP contribution in [0.4, 0.5) is 0 Å². The summed E-state index contributed by atoms with van der Waals surface area (Å²) in [6, 6.07) is 0. The molecule has 0 unspecified atom stereocenters. The Kier molecular flexibility index (Phi) is 4.59. The van der Waals surface area contributed by atoms with Gasteiger partial charge in [0.2, 0.25) is 5.91 Å². The van der Waals surface area contributed by atoms with E-state index >= 15 is 0 Å². The molecule has 7 heteroatoms. The second kappa shape index (κ2) is 6.21. The van der Waals surface area contributed by atoms with Gasteiger partial charge >= 0.3 is 0 Å². The number of aryl methyl sites for hydroxylation is 1. The molecule has 1 saturated carbocycles. The zero-order chi connectivity index (χ0) is 14.6. The Morgan fingerprint density at radius 1 is 1.55 bits per heavy atom. The maximum Gasteiger partial charge on any atom is 0.234 e. The number of nitrogens with two attached hydrogens (primary N) is 1. The summed E-state index contributed by atoms with van der Waals surface area (Å²) >= 11 is 1.55. The number of hydrogen-bond acceptors (Lipinski definition) is 5. The molecular weight excluding hydrogens is 276 g/mol. The summed E-state index contributed by atoms with van der Waals surface area (Å²) in [7, 11) is 0. The third-order valence-corrected chi connectivity index (χ3v) is 4.74. The van der Waals surface area contributed by atoms with E-state index in [4.69, 9.17) is 10.9 Å². The van der Waals surface area contributed by atoms with Gasteiger partial charge in [-0.1, -0.05) is 24.4 Å². The van der Waals surface area contributed by atoms with E-state index in [2.05, 4.69) is 15.5 Å². The minimum absolute atomic E-state index is 0.0233. The minimum atomic E-state index is -0.854. The van der Waals surface area contributed by atoms with Gasteiger partial charge in [0.05, 0.1) is 11.6 Å². The maximum absolute atomic E-state index is 12.5. The van der Waals surface area contributed by atoms with Crippen molar-refractivity contribution >= 4 is 23.1 Å². The lowest BCUT2D eigenvalue weighted by Gasteiger charge is -2.34. The molecule has 1 fully saturated rings. The van der Waals surface area contributed by atoms with Crippen LogP contribution in [-0.2, 0) is 11.3 Å². The second-order valence-electron chi connectivity index (χ2n) is 5.16. The van der Waals surface area contributed by atoms with Gasteiger partial charge in [-0.25, -0.2) is 4.98 Å². The average Bonchev–Trinajstić information content (AvgIpc) is 2.90. The van der Waals surface area contributed by atoms with Crippen molar-refractivity contribution in [2.75, 3.05) is 0 Å². The summed E-state index contributed by atoms with van der Waals surface area (Å²) in [5.41, 5.74) is 4.93. The molecule has 0 saturated heterocycles. The molecule has 0 spiro atoms. The van der Waals surface area contributed by atoms with Gasteiger partial charge in [0, 0.05) is 11.1 Å². The number of carbonyl (C=O) groups is 1. The van der Waals surface area contributed by atoms with Crippen LogP contribution in [0.5, 0.6) is 0 Å². The summed E-state index contributed by atoms with van der Waals surface area (Å²) in [5, 5.41) is 15.9. The van der Waals surface area contributed by atoms with Crippen LogP contribution in [-0.4, -0.2) is 21.9 Å². The molecule has 0 aromatic carbocycles. The van der Waals surface area contributed by atoms with Crippen LogP contribution in [0.2, 0.25) is 0 Å². The number of oxime groups is 1. The van der Waals surface area contributed by atoms with Gasteiger partial charge in [0.1, 0.15) is 5.41 Å². The molecule has 0 aliphatic heterocycles. The monoisotopic (exact) mass is 296 g/mol. The Morgan fingerprint density at radius 2 is 2.25 bits per heavy atom. The summed E-state index contributed by atoms with van der Waals surface area (Å²) in [6.45, 7) is 2.36. The highest BCUT2D eigenvalue weighted by molar-refractivity contribution is 7.11. The van der Waals surface area contributed by atoms with Crippen LogP contribution in [0.1, 0.15) is 42.0 Å². The fourth-order valence-corrected chi connectivity index (χ4v) is 3.41.